The van der Waals surface area contributed by atoms with E-state index >= 15 is 0 Å². The van der Waals surface area contributed by atoms with Crippen LogP contribution in [0.3, 0.4) is 0 Å². The molecule has 3 rings (SSSR count). The van der Waals surface area contributed by atoms with E-state index in [1.807, 2.05) is 49.4 Å². The number of hydrogen-bond donors (Lipinski definition) is 0. The molecule has 2 aliphatic heterocycles. The molecule has 0 N–H and O–H groups in total. The van der Waals surface area contributed by atoms with E-state index in [9.17, 15) is 9.59 Å². The van der Waals surface area contributed by atoms with E-state index in [1.165, 1.54) is 5.56 Å². The molecular formula is C27H35NO4. The molecule has 5 nitrogen and oxygen atoms in total. The smallest absolute Gasteiger partial charge is 0.409 e. The van der Waals surface area contributed by atoms with Gasteiger partial charge in [-0.05, 0) is 47.6 Å². The van der Waals surface area contributed by atoms with Crippen molar-refractivity contribution in [2.75, 3.05) is 19.7 Å². The fourth-order valence-electron chi connectivity index (χ4n) is 3.99. The first-order valence-corrected chi connectivity index (χ1v) is 11.4. The standard InChI is InChI=1S/C27H35NO4/c1-5-6-8-22(19-29)10-7-9-21-11-12-24-23(17-21)18-27(32-24)13-15-28(16-14-27)25(30)31-20-26(2,3)4/h5-7,9-12,17,19H,8,13-16,18,20H2,1-4H3/b6-5?,9-7+,22-10+. The van der Waals surface area contributed by atoms with Crippen molar-refractivity contribution in [2.24, 2.45) is 5.41 Å². The summed E-state index contributed by atoms with van der Waals surface area (Å²) >= 11 is 0. The average molecular weight is 438 g/mol. The molecule has 0 radical (unpaired) electrons. The SMILES string of the molecule is CC=CC/C(C=O)=C\C=C\c1ccc2c(c1)CC1(CCN(C(=O)OCC(C)(C)C)CC1)O2. The Morgan fingerprint density at radius 2 is 2.00 bits per heavy atom. The third-order valence-electron chi connectivity index (χ3n) is 5.82. The van der Waals surface area contributed by atoms with Crippen molar-refractivity contribution in [2.45, 2.75) is 59.0 Å². The first-order valence-electron chi connectivity index (χ1n) is 11.4. The molecule has 1 aromatic rings. The van der Waals surface area contributed by atoms with Gasteiger partial charge in [0.15, 0.2) is 0 Å². The molecule has 2 heterocycles. The molecule has 1 amide bonds. The topological polar surface area (TPSA) is 55.8 Å². The monoisotopic (exact) mass is 437 g/mol. The van der Waals surface area contributed by atoms with Crippen LogP contribution in [0.2, 0.25) is 0 Å². The highest BCUT2D eigenvalue weighted by molar-refractivity contribution is 5.74. The van der Waals surface area contributed by atoms with Crippen molar-refractivity contribution in [1.29, 1.82) is 0 Å². The second-order valence-electron chi connectivity index (χ2n) is 9.92. The lowest BCUT2D eigenvalue weighted by molar-refractivity contribution is -0.105. The molecule has 5 heteroatoms. The Hall–Kier alpha value is -2.82. The number of aldehydes is 1. The molecule has 0 aliphatic carbocycles. The molecular weight excluding hydrogens is 402 g/mol. The Morgan fingerprint density at radius 3 is 2.66 bits per heavy atom. The fraction of sp³-hybridized carbons (Fsp3) is 0.481. The lowest BCUT2D eigenvalue weighted by atomic mass is 9.87. The summed E-state index contributed by atoms with van der Waals surface area (Å²) in [5, 5.41) is 0. The van der Waals surface area contributed by atoms with Crippen molar-refractivity contribution < 1.29 is 19.1 Å². The minimum absolute atomic E-state index is 0.0355. The highest BCUT2D eigenvalue weighted by Gasteiger charge is 2.43. The van der Waals surface area contributed by atoms with Crippen LogP contribution in [0.5, 0.6) is 5.75 Å². The predicted octanol–water partition coefficient (Wildman–Crippen LogP) is 5.74. The number of rotatable bonds is 6. The van der Waals surface area contributed by atoms with Gasteiger partial charge in [0.05, 0.1) is 6.61 Å². The molecule has 1 aromatic carbocycles. The maximum Gasteiger partial charge on any atom is 0.409 e. The van der Waals surface area contributed by atoms with Gasteiger partial charge >= 0.3 is 6.09 Å². The third-order valence-corrected chi connectivity index (χ3v) is 5.82. The van der Waals surface area contributed by atoms with Gasteiger partial charge in [0.2, 0.25) is 0 Å². The quantitative estimate of drug-likeness (QED) is 0.246. The van der Waals surface area contributed by atoms with Crippen molar-refractivity contribution in [3.63, 3.8) is 0 Å². The lowest BCUT2D eigenvalue weighted by Gasteiger charge is -2.38. The molecule has 0 atom stereocenters. The van der Waals surface area contributed by atoms with Gasteiger partial charge in [-0.15, -0.1) is 0 Å². The van der Waals surface area contributed by atoms with Crippen LogP contribution in [0.1, 0.15) is 58.1 Å². The van der Waals surface area contributed by atoms with Crippen LogP contribution >= 0.6 is 0 Å². The number of benzene rings is 1. The Balaban J connectivity index is 1.57. The van der Waals surface area contributed by atoms with E-state index in [-0.39, 0.29) is 17.1 Å². The minimum Gasteiger partial charge on any atom is -0.487 e. The number of likely N-dealkylation sites (tertiary alicyclic amines) is 1. The van der Waals surface area contributed by atoms with E-state index < -0.39 is 0 Å². The summed E-state index contributed by atoms with van der Waals surface area (Å²) in [6.07, 6.45) is 13.5. The number of piperidine rings is 1. The summed E-state index contributed by atoms with van der Waals surface area (Å²) in [5.74, 6) is 0.933. The number of ether oxygens (including phenoxy) is 2. The molecule has 172 valence electrons. The van der Waals surface area contributed by atoms with Crippen LogP contribution < -0.4 is 4.74 Å². The zero-order valence-corrected chi connectivity index (χ0v) is 19.7. The number of hydrogen-bond acceptors (Lipinski definition) is 4. The molecule has 1 fully saturated rings. The van der Waals surface area contributed by atoms with Gasteiger partial charge in [-0.1, -0.05) is 57.2 Å². The van der Waals surface area contributed by atoms with Crippen molar-refractivity contribution >= 4 is 18.5 Å². The van der Waals surface area contributed by atoms with Gasteiger partial charge in [0.1, 0.15) is 17.6 Å². The molecule has 1 saturated heterocycles. The van der Waals surface area contributed by atoms with Gasteiger partial charge in [-0.25, -0.2) is 4.79 Å². The van der Waals surface area contributed by atoms with Crippen molar-refractivity contribution in [1.82, 2.24) is 4.90 Å². The fourth-order valence-corrected chi connectivity index (χ4v) is 3.99. The van der Waals surface area contributed by atoms with E-state index in [1.54, 1.807) is 4.90 Å². The molecule has 32 heavy (non-hydrogen) atoms. The second kappa shape index (κ2) is 10.2. The first kappa shape index (κ1) is 23.8. The van der Waals surface area contributed by atoms with E-state index in [0.29, 0.717) is 26.1 Å². The molecule has 0 unspecified atom stereocenters. The molecule has 1 spiro atoms. The Kier molecular flexibility index (Phi) is 7.60. The maximum atomic E-state index is 12.4. The lowest BCUT2D eigenvalue weighted by Crippen LogP contribution is -2.49. The van der Waals surface area contributed by atoms with Crippen LogP contribution in [0.4, 0.5) is 4.79 Å². The summed E-state index contributed by atoms with van der Waals surface area (Å²) in [6, 6.07) is 6.22. The normalized spacial score (nSPS) is 18.2. The van der Waals surface area contributed by atoms with Gasteiger partial charge < -0.3 is 14.4 Å². The summed E-state index contributed by atoms with van der Waals surface area (Å²) < 4.78 is 11.8. The van der Waals surface area contributed by atoms with Gasteiger partial charge in [0.25, 0.3) is 0 Å². The van der Waals surface area contributed by atoms with Gasteiger partial charge in [-0.2, -0.15) is 0 Å². The van der Waals surface area contributed by atoms with Gasteiger partial charge in [0, 0.05) is 32.4 Å². The van der Waals surface area contributed by atoms with Crippen LogP contribution in [0, 0.1) is 5.41 Å². The van der Waals surface area contributed by atoms with E-state index in [0.717, 1.165) is 42.4 Å². The first-order chi connectivity index (χ1) is 15.2. The number of carbonyl (C=O) groups is 2. The number of amides is 1. The molecule has 0 aromatic heterocycles. The number of fused-ring (bicyclic) bond motifs is 1. The zero-order valence-electron chi connectivity index (χ0n) is 19.7. The summed E-state index contributed by atoms with van der Waals surface area (Å²) in [5.41, 5.74) is 2.76. The largest absolute Gasteiger partial charge is 0.487 e. The van der Waals surface area contributed by atoms with Crippen LogP contribution in [-0.2, 0) is 16.0 Å². The van der Waals surface area contributed by atoms with Crippen LogP contribution in [0.15, 0.2) is 48.1 Å². The average Bonchev–Trinajstić information content (AvgIpc) is 3.11. The third kappa shape index (κ3) is 6.35. The van der Waals surface area contributed by atoms with Crippen molar-refractivity contribution in [3.05, 3.63) is 59.2 Å². The molecule has 2 aliphatic rings. The summed E-state index contributed by atoms with van der Waals surface area (Å²) in [7, 11) is 0. The van der Waals surface area contributed by atoms with E-state index in [2.05, 4.69) is 26.8 Å². The molecule has 0 bridgehead atoms. The van der Waals surface area contributed by atoms with Crippen molar-refractivity contribution in [3.8, 4) is 5.75 Å². The van der Waals surface area contributed by atoms with Crippen LogP contribution in [-0.4, -0.2) is 42.6 Å². The summed E-state index contributed by atoms with van der Waals surface area (Å²) in [4.78, 5) is 25.3. The second-order valence-corrected chi connectivity index (χ2v) is 9.92. The zero-order chi connectivity index (χ0) is 23.2. The van der Waals surface area contributed by atoms with E-state index in [4.69, 9.17) is 9.47 Å². The van der Waals surface area contributed by atoms with Crippen LogP contribution in [0.25, 0.3) is 6.08 Å². The number of carbonyl (C=O) groups excluding carboxylic acids is 2. The Labute approximate surface area is 191 Å². The number of allylic oxidation sites excluding steroid dienone is 5. The number of nitrogens with zero attached hydrogens (tertiary/aromatic N) is 1. The highest BCUT2D eigenvalue weighted by atomic mass is 16.6. The predicted molar refractivity (Wildman–Crippen MR) is 128 cm³/mol. The Morgan fingerprint density at radius 1 is 1.25 bits per heavy atom. The van der Waals surface area contributed by atoms with Gasteiger partial charge in [-0.3, -0.25) is 4.79 Å². The molecule has 0 saturated carbocycles. The highest BCUT2D eigenvalue weighted by Crippen LogP contribution is 2.41. The minimum atomic E-state index is -0.234. The maximum absolute atomic E-state index is 12.4. The Bertz CT molecular complexity index is 912. The summed E-state index contributed by atoms with van der Waals surface area (Å²) in [6.45, 7) is 9.83.